The van der Waals surface area contributed by atoms with E-state index in [-0.39, 0.29) is 17.4 Å². The van der Waals surface area contributed by atoms with Crippen molar-refractivity contribution in [2.75, 3.05) is 16.4 Å². The molecule has 1 aliphatic carbocycles. The highest BCUT2D eigenvalue weighted by Crippen LogP contribution is 2.37. The maximum Gasteiger partial charge on any atom is 0.272 e. The van der Waals surface area contributed by atoms with Crippen LogP contribution in [0.3, 0.4) is 0 Å². The molecular weight excluding hydrogens is 665 g/mol. The quantitative estimate of drug-likeness (QED) is 0.0893. The minimum absolute atomic E-state index is 0.0567. The van der Waals surface area contributed by atoms with Gasteiger partial charge >= 0.3 is 0 Å². The van der Waals surface area contributed by atoms with Crippen molar-refractivity contribution >= 4 is 57.6 Å². The number of fused-ring (bicyclic) bond motifs is 1. The van der Waals surface area contributed by atoms with Gasteiger partial charge in [-0.2, -0.15) is 5.26 Å². The summed E-state index contributed by atoms with van der Waals surface area (Å²) < 4.78 is 5.89. The van der Waals surface area contributed by atoms with E-state index in [1.54, 1.807) is 48.5 Å². The monoisotopic (exact) mass is 698 g/mol. The molecule has 50 heavy (non-hydrogen) atoms. The van der Waals surface area contributed by atoms with Gasteiger partial charge in [0.25, 0.3) is 11.8 Å². The average Bonchev–Trinajstić information content (AvgIpc) is 3.51. The normalized spacial score (nSPS) is 12.3. The molecule has 3 N–H and O–H groups in total. The fourth-order valence-electron chi connectivity index (χ4n) is 5.46. The molecule has 0 saturated heterocycles. The van der Waals surface area contributed by atoms with Crippen molar-refractivity contribution in [2.45, 2.75) is 37.2 Å². The number of thiophene rings is 1. The molecule has 1 aliphatic rings. The third-order valence-corrected chi connectivity index (χ3v) is 10.2. The van der Waals surface area contributed by atoms with Crippen LogP contribution in [0.5, 0.6) is 5.75 Å². The molecule has 0 fully saturated rings. The molecule has 0 spiro atoms. The van der Waals surface area contributed by atoms with Crippen molar-refractivity contribution in [3.05, 3.63) is 148 Å². The van der Waals surface area contributed by atoms with E-state index >= 15 is 0 Å². The van der Waals surface area contributed by atoms with Gasteiger partial charge in [-0.1, -0.05) is 66.7 Å². The second kappa shape index (κ2) is 16.7. The van der Waals surface area contributed by atoms with Gasteiger partial charge in [0.1, 0.15) is 29.1 Å². The van der Waals surface area contributed by atoms with Crippen LogP contribution >= 0.6 is 23.1 Å². The highest BCUT2D eigenvalue weighted by molar-refractivity contribution is 8.00. The number of amides is 3. The minimum atomic E-state index is -0.510. The summed E-state index contributed by atoms with van der Waals surface area (Å²) in [7, 11) is 0. The number of carbonyl (C=O) groups excluding carboxylic acids is 3. The highest BCUT2D eigenvalue weighted by atomic mass is 32.2. The van der Waals surface area contributed by atoms with Crippen LogP contribution in [0.15, 0.2) is 120 Å². The summed E-state index contributed by atoms with van der Waals surface area (Å²) in [6, 6.07) is 35.2. The van der Waals surface area contributed by atoms with Gasteiger partial charge in [-0.25, -0.2) is 0 Å². The van der Waals surface area contributed by atoms with E-state index in [2.05, 4.69) is 22.0 Å². The average molecular weight is 699 g/mol. The molecule has 1 heterocycles. The molecule has 0 atom stereocenters. The maximum atomic E-state index is 13.6. The van der Waals surface area contributed by atoms with Gasteiger partial charge < -0.3 is 20.7 Å². The molecule has 0 aliphatic heterocycles. The first-order chi connectivity index (χ1) is 24.4. The SMILES string of the molecule is N#Cc1c(NC(=O)CSc2cccc(NC(=O)/C(=C\c3ccc(OCc4ccccc4)cc3)NC(=O)c3ccccc3)c2)sc2c1CCCC2. The lowest BCUT2D eigenvalue weighted by Crippen LogP contribution is -2.30. The molecule has 8 nitrogen and oxygen atoms in total. The van der Waals surface area contributed by atoms with E-state index in [0.717, 1.165) is 41.7 Å². The first-order valence-corrected chi connectivity index (χ1v) is 18.0. The van der Waals surface area contributed by atoms with E-state index in [4.69, 9.17) is 4.74 Å². The van der Waals surface area contributed by atoms with E-state index in [1.165, 1.54) is 28.0 Å². The van der Waals surface area contributed by atoms with Crippen molar-refractivity contribution in [3.63, 3.8) is 0 Å². The number of nitriles is 1. The van der Waals surface area contributed by atoms with Gasteiger partial charge in [-0.15, -0.1) is 23.1 Å². The van der Waals surface area contributed by atoms with Crippen LogP contribution < -0.4 is 20.7 Å². The standard InChI is InChI=1S/C40H34N4O4S2/c41-24-34-33-16-7-8-17-36(33)50-40(34)44-37(45)26-49-32-15-9-14-30(23-32)42-39(47)35(43-38(46)29-12-5-2-6-13-29)22-27-18-20-31(21-19-27)48-25-28-10-3-1-4-11-28/h1-6,9-15,18-23H,7-8,16-17,25-26H2,(H,42,47)(H,43,46)(H,44,45)/b35-22+. The highest BCUT2D eigenvalue weighted by Gasteiger charge is 2.22. The Balaban J connectivity index is 1.12. The Bertz CT molecular complexity index is 2050. The summed E-state index contributed by atoms with van der Waals surface area (Å²) in [6.07, 6.45) is 5.59. The number of hydrogen-bond acceptors (Lipinski definition) is 7. The molecule has 0 unspecified atom stereocenters. The fourth-order valence-corrected chi connectivity index (χ4v) is 7.47. The van der Waals surface area contributed by atoms with Crippen molar-refractivity contribution in [1.29, 1.82) is 5.26 Å². The Morgan fingerprint density at radius 1 is 0.860 bits per heavy atom. The Kier molecular flexibility index (Phi) is 11.4. The molecule has 10 heteroatoms. The number of hydrogen-bond donors (Lipinski definition) is 3. The number of anilines is 2. The molecule has 0 radical (unpaired) electrons. The lowest BCUT2D eigenvalue weighted by molar-refractivity contribution is -0.114. The summed E-state index contributed by atoms with van der Waals surface area (Å²) in [6.45, 7) is 0.428. The van der Waals surface area contributed by atoms with Crippen LogP contribution in [0.2, 0.25) is 0 Å². The molecular formula is C40H34N4O4S2. The number of nitrogens with one attached hydrogen (secondary N) is 3. The molecule has 4 aromatic carbocycles. The van der Waals surface area contributed by atoms with Crippen LogP contribution in [0.4, 0.5) is 10.7 Å². The van der Waals surface area contributed by atoms with Gasteiger partial charge in [0.05, 0.1) is 11.3 Å². The zero-order valence-electron chi connectivity index (χ0n) is 27.1. The zero-order chi connectivity index (χ0) is 34.7. The molecule has 250 valence electrons. The molecule has 3 amide bonds. The largest absolute Gasteiger partial charge is 0.489 e. The van der Waals surface area contributed by atoms with E-state index in [9.17, 15) is 19.6 Å². The number of thioether (sulfide) groups is 1. The second-order valence-electron chi connectivity index (χ2n) is 11.6. The second-order valence-corrected chi connectivity index (χ2v) is 13.7. The number of aryl methyl sites for hydroxylation is 1. The molecule has 1 aromatic heterocycles. The summed E-state index contributed by atoms with van der Waals surface area (Å²) >= 11 is 2.82. The number of benzene rings is 4. The van der Waals surface area contributed by atoms with Crippen molar-refractivity contribution < 1.29 is 19.1 Å². The smallest absolute Gasteiger partial charge is 0.272 e. The molecule has 5 aromatic rings. The summed E-state index contributed by atoms with van der Waals surface area (Å²) in [5.74, 6) is -0.326. The Morgan fingerprint density at radius 3 is 2.36 bits per heavy atom. The third kappa shape index (κ3) is 9.08. The lowest BCUT2D eigenvalue weighted by atomic mass is 9.96. The Hall–Kier alpha value is -5.63. The Morgan fingerprint density at radius 2 is 1.60 bits per heavy atom. The first kappa shape index (κ1) is 34.2. The number of ether oxygens (including phenoxy) is 1. The topological polar surface area (TPSA) is 120 Å². The summed E-state index contributed by atoms with van der Waals surface area (Å²) in [5, 5.41) is 18.9. The van der Waals surface area contributed by atoms with Crippen LogP contribution in [0.1, 0.15) is 50.3 Å². The van der Waals surface area contributed by atoms with E-state index in [1.807, 2.05) is 66.7 Å². The van der Waals surface area contributed by atoms with Crippen LogP contribution in [-0.2, 0) is 29.0 Å². The van der Waals surface area contributed by atoms with Crippen LogP contribution in [0, 0.1) is 11.3 Å². The maximum absolute atomic E-state index is 13.6. The van der Waals surface area contributed by atoms with Crippen LogP contribution in [0.25, 0.3) is 6.08 Å². The predicted octanol–water partition coefficient (Wildman–Crippen LogP) is 8.22. The minimum Gasteiger partial charge on any atom is -0.489 e. The van der Waals surface area contributed by atoms with Crippen molar-refractivity contribution in [2.24, 2.45) is 0 Å². The zero-order valence-corrected chi connectivity index (χ0v) is 28.7. The first-order valence-electron chi connectivity index (χ1n) is 16.2. The van der Waals surface area contributed by atoms with Crippen LogP contribution in [-0.4, -0.2) is 23.5 Å². The van der Waals surface area contributed by atoms with Gasteiger partial charge in [0.2, 0.25) is 5.91 Å². The molecule has 6 rings (SSSR count). The number of carbonyl (C=O) groups is 3. The molecule has 0 saturated carbocycles. The third-order valence-electron chi connectivity index (χ3n) is 7.97. The van der Waals surface area contributed by atoms with E-state index < -0.39 is 11.8 Å². The predicted molar refractivity (Wildman–Crippen MR) is 199 cm³/mol. The van der Waals surface area contributed by atoms with E-state index in [0.29, 0.717) is 39.7 Å². The van der Waals surface area contributed by atoms with Gasteiger partial charge in [0, 0.05) is 21.0 Å². The fraction of sp³-hybridized carbons (Fsp3) is 0.150. The van der Waals surface area contributed by atoms with Gasteiger partial charge in [-0.05, 0) is 90.9 Å². The van der Waals surface area contributed by atoms with Crippen molar-refractivity contribution in [3.8, 4) is 11.8 Å². The summed E-state index contributed by atoms with van der Waals surface area (Å²) in [4.78, 5) is 41.6. The number of nitrogens with zero attached hydrogens (tertiary/aromatic N) is 1. The van der Waals surface area contributed by atoms with Gasteiger partial charge in [0.15, 0.2) is 0 Å². The lowest BCUT2D eigenvalue weighted by Gasteiger charge is -2.12. The summed E-state index contributed by atoms with van der Waals surface area (Å²) in [5.41, 5.74) is 4.38. The Labute approximate surface area is 299 Å². The van der Waals surface area contributed by atoms with Gasteiger partial charge in [-0.3, -0.25) is 14.4 Å². The van der Waals surface area contributed by atoms with Crippen molar-refractivity contribution in [1.82, 2.24) is 5.32 Å². The molecule has 0 bridgehead atoms. The number of rotatable bonds is 12.